The highest BCUT2D eigenvalue weighted by Gasteiger charge is 2.16. The molecule has 1 aliphatic rings. The van der Waals surface area contributed by atoms with Gasteiger partial charge in [0, 0.05) is 17.1 Å². The number of aromatic nitrogens is 1. The fourth-order valence-corrected chi connectivity index (χ4v) is 2.48. The molecule has 0 radical (unpaired) electrons. The van der Waals surface area contributed by atoms with E-state index in [2.05, 4.69) is 10.3 Å². The molecule has 1 aliphatic heterocycles. The quantitative estimate of drug-likeness (QED) is 0.901. The van der Waals surface area contributed by atoms with Crippen LogP contribution < -0.4 is 10.1 Å². The van der Waals surface area contributed by atoms with Gasteiger partial charge in [-0.05, 0) is 51.1 Å². The third kappa shape index (κ3) is 2.68. The first kappa shape index (κ1) is 12.4. The van der Waals surface area contributed by atoms with E-state index in [1.54, 1.807) is 6.07 Å². The minimum Gasteiger partial charge on any atom is -0.490 e. The molecule has 1 N–H and O–H groups in total. The van der Waals surface area contributed by atoms with Crippen LogP contribution in [0.3, 0.4) is 0 Å². The number of hydrogen-bond acceptors (Lipinski definition) is 3. The summed E-state index contributed by atoms with van der Waals surface area (Å²) in [6.45, 7) is 3.88. The number of fused-ring (bicyclic) bond motifs is 1. The second-order valence-electron chi connectivity index (χ2n) is 4.99. The summed E-state index contributed by atoms with van der Waals surface area (Å²) in [6, 6.07) is 6.53. The van der Waals surface area contributed by atoms with Gasteiger partial charge in [-0.2, -0.15) is 0 Å². The standard InChI is InChI=1S/C15H17FN2O/c1-10-8-15(19-12-4-6-17-7-5-12)13-9-11(16)2-3-14(13)18-10/h2-3,8-9,12,17H,4-7H2,1H3. The molecule has 3 rings (SSSR count). The van der Waals surface area contributed by atoms with Crippen LogP contribution in [0.25, 0.3) is 10.9 Å². The lowest BCUT2D eigenvalue weighted by molar-refractivity contribution is 0.164. The molecule has 0 amide bonds. The average molecular weight is 260 g/mol. The van der Waals surface area contributed by atoms with Gasteiger partial charge in [-0.15, -0.1) is 0 Å². The maximum absolute atomic E-state index is 13.4. The molecule has 2 aromatic rings. The number of piperidine rings is 1. The zero-order valence-electron chi connectivity index (χ0n) is 10.9. The maximum Gasteiger partial charge on any atom is 0.131 e. The first-order valence-electron chi connectivity index (χ1n) is 6.67. The summed E-state index contributed by atoms with van der Waals surface area (Å²) < 4.78 is 19.5. The fraction of sp³-hybridized carbons (Fsp3) is 0.400. The molecule has 100 valence electrons. The van der Waals surface area contributed by atoms with Crippen LogP contribution in [0.1, 0.15) is 18.5 Å². The highest BCUT2D eigenvalue weighted by Crippen LogP contribution is 2.28. The van der Waals surface area contributed by atoms with E-state index in [0.29, 0.717) is 0 Å². The third-order valence-corrected chi connectivity index (χ3v) is 3.44. The van der Waals surface area contributed by atoms with Crippen molar-refractivity contribution < 1.29 is 9.13 Å². The first-order valence-corrected chi connectivity index (χ1v) is 6.67. The van der Waals surface area contributed by atoms with Crippen molar-refractivity contribution in [2.45, 2.75) is 25.9 Å². The van der Waals surface area contributed by atoms with Crippen LogP contribution in [0.5, 0.6) is 5.75 Å². The third-order valence-electron chi connectivity index (χ3n) is 3.44. The Bertz CT molecular complexity index is 594. The van der Waals surface area contributed by atoms with Gasteiger partial charge in [-0.3, -0.25) is 4.98 Å². The second kappa shape index (κ2) is 5.13. The molecule has 1 saturated heterocycles. The summed E-state index contributed by atoms with van der Waals surface area (Å²) in [6.07, 6.45) is 2.17. The molecule has 0 aliphatic carbocycles. The molecule has 0 unspecified atom stereocenters. The predicted octanol–water partition coefficient (Wildman–Crippen LogP) is 2.81. The zero-order chi connectivity index (χ0) is 13.2. The number of halogens is 1. The Hall–Kier alpha value is -1.68. The minimum atomic E-state index is -0.256. The number of rotatable bonds is 2. The minimum absolute atomic E-state index is 0.203. The van der Waals surface area contributed by atoms with Gasteiger partial charge in [0.05, 0.1) is 5.52 Å². The predicted molar refractivity (Wildman–Crippen MR) is 73.0 cm³/mol. The number of pyridine rings is 1. The summed E-state index contributed by atoms with van der Waals surface area (Å²) in [5.41, 5.74) is 1.67. The molecular formula is C15H17FN2O. The number of nitrogens with zero attached hydrogens (tertiary/aromatic N) is 1. The Labute approximate surface area is 111 Å². The van der Waals surface area contributed by atoms with Crippen molar-refractivity contribution in [2.75, 3.05) is 13.1 Å². The van der Waals surface area contributed by atoms with Crippen molar-refractivity contribution in [3.05, 3.63) is 35.8 Å². The van der Waals surface area contributed by atoms with Gasteiger partial charge in [0.2, 0.25) is 0 Å². The van der Waals surface area contributed by atoms with Gasteiger partial charge < -0.3 is 10.1 Å². The summed E-state index contributed by atoms with van der Waals surface area (Å²) >= 11 is 0. The van der Waals surface area contributed by atoms with E-state index < -0.39 is 0 Å². The number of hydrogen-bond donors (Lipinski definition) is 1. The highest BCUT2D eigenvalue weighted by atomic mass is 19.1. The van der Waals surface area contributed by atoms with Crippen LogP contribution >= 0.6 is 0 Å². The van der Waals surface area contributed by atoms with Gasteiger partial charge in [-0.25, -0.2) is 4.39 Å². The molecule has 1 aromatic carbocycles. The van der Waals surface area contributed by atoms with E-state index in [-0.39, 0.29) is 11.9 Å². The smallest absolute Gasteiger partial charge is 0.131 e. The average Bonchev–Trinajstić information content (AvgIpc) is 2.41. The normalized spacial score (nSPS) is 16.7. The fourth-order valence-electron chi connectivity index (χ4n) is 2.48. The van der Waals surface area contributed by atoms with Gasteiger partial charge in [0.15, 0.2) is 0 Å². The molecule has 0 atom stereocenters. The Morgan fingerprint density at radius 1 is 1.26 bits per heavy atom. The van der Waals surface area contributed by atoms with Gasteiger partial charge in [0.25, 0.3) is 0 Å². The summed E-state index contributed by atoms with van der Waals surface area (Å²) in [5.74, 6) is 0.488. The Balaban J connectivity index is 1.98. The summed E-state index contributed by atoms with van der Waals surface area (Å²) in [5, 5.41) is 4.06. The topological polar surface area (TPSA) is 34.1 Å². The van der Waals surface area contributed by atoms with Gasteiger partial charge >= 0.3 is 0 Å². The van der Waals surface area contributed by atoms with Crippen molar-refractivity contribution in [3.63, 3.8) is 0 Å². The number of aryl methyl sites for hydroxylation is 1. The monoisotopic (exact) mass is 260 g/mol. The Kier molecular flexibility index (Phi) is 3.34. The molecule has 1 aromatic heterocycles. The molecule has 2 heterocycles. The van der Waals surface area contributed by atoms with E-state index in [9.17, 15) is 4.39 Å². The molecule has 3 nitrogen and oxygen atoms in total. The Morgan fingerprint density at radius 3 is 2.84 bits per heavy atom. The van der Waals surface area contributed by atoms with E-state index in [0.717, 1.165) is 48.3 Å². The second-order valence-corrected chi connectivity index (χ2v) is 4.99. The highest BCUT2D eigenvalue weighted by molar-refractivity contribution is 5.85. The molecular weight excluding hydrogens is 243 g/mol. The van der Waals surface area contributed by atoms with Crippen LogP contribution in [-0.2, 0) is 0 Å². The van der Waals surface area contributed by atoms with Gasteiger partial charge in [0.1, 0.15) is 17.7 Å². The van der Waals surface area contributed by atoms with Crippen LogP contribution in [-0.4, -0.2) is 24.2 Å². The van der Waals surface area contributed by atoms with Gasteiger partial charge in [-0.1, -0.05) is 0 Å². The largest absolute Gasteiger partial charge is 0.490 e. The maximum atomic E-state index is 13.4. The van der Waals surface area contributed by atoms with Crippen LogP contribution in [0.4, 0.5) is 4.39 Å². The van der Waals surface area contributed by atoms with Crippen molar-refractivity contribution in [1.82, 2.24) is 10.3 Å². The zero-order valence-corrected chi connectivity index (χ0v) is 10.9. The summed E-state index contributed by atoms with van der Waals surface area (Å²) in [7, 11) is 0. The van der Waals surface area contributed by atoms with Crippen molar-refractivity contribution in [3.8, 4) is 5.75 Å². The van der Waals surface area contributed by atoms with Crippen molar-refractivity contribution >= 4 is 10.9 Å². The number of nitrogens with one attached hydrogen (secondary N) is 1. The molecule has 0 spiro atoms. The SMILES string of the molecule is Cc1cc(OC2CCNCC2)c2cc(F)ccc2n1. The lowest BCUT2D eigenvalue weighted by atomic mass is 10.1. The molecule has 0 saturated carbocycles. The molecule has 4 heteroatoms. The van der Waals surface area contributed by atoms with Crippen LogP contribution in [0, 0.1) is 12.7 Å². The van der Waals surface area contributed by atoms with Crippen molar-refractivity contribution in [1.29, 1.82) is 0 Å². The number of benzene rings is 1. The van der Waals surface area contributed by atoms with Crippen LogP contribution in [0.2, 0.25) is 0 Å². The van der Waals surface area contributed by atoms with E-state index in [4.69, 9.17) is 4.74 Å². The lowest BCUT2D eigenvalue weighted by Crippen LogP contribution is -2.34. The van der Waals surface area contributed by atoms with Crippen LogP contribution in [0.15, 0.2) is 24.3 Å². The molecule has 1 fully saturated rings. The van der Waals surface area contributed by atoms with E-state index in [1.165, 1.54) is 12.1 Å². The molecule has 19 heavy (non-hydrogen) atoms. The van der Waals surface area contributed by atoms with E-state index in [1.807, 2.05) is 13.0 Å². The van der Waals surface area contributed by atoms with Crippen molar-refractivity contribution in [2.24, 2.45) is 0 Å². The lowest BCUT2D eigenvalue weighted by Gasteiger charge is -2.24. The first-order chi connectivity index (χ1) is 9.22. The molecule has 0 bridgehead atoms. The van der Waals surface area contributed by atoms with E-state index >= 15 is 0 Å². The number of ether oxygens (including phenoxy) is 1. The Morgan fingerprint density at radius 2 is 2.05 bits per heavy atom. The summed E-state index contributed by atoms with van der Waals surface area (Å²) in [4.78, 5) is 4.41.